The summed E-state index contributed by atoms with van der Waals surface area (Å²) < 4.78 is 0. The van der Waals surface area contributed by atoms with Gasteiger partial charge < -0.3 is 10.6 Å². The molecule has 0 unspecified atom stereocenters. The Morgan fingerprint density at radius 1 is 1.27 bits per heavy atom. The van der Waals surface area contributed by atoms with Crippen LogP contribution < -0.4 is 10.6 Å². The van der Waals surface area contributed by atoms with E-state index in [1.165, 1.54) is 0 Å². The van der Waals surface area contributed by atoms with Gasteiger partial charge in [-0.3, -0.25) is 9.59 Å². The highest BCUT2D eigenvalue weighted by Crippen LogP contribution is 2.65. The predicted molar refractivity (Wildman–Crippen MR) is 104 cm³/mol. The molecule has 5 atom stereocenters. The maximum atomic E-state index is 13.5. The number of carbonyl (C=O) groups is 2. The van der Waals surface area contributed by atoms with E-state index in [2.05, 4.69) is 24.1 Å². The van der Waals surface area contributed by atoms with Crippen LogP contribution >= 0.6 is 0 Å². The van der Waals surface area contributed by atoms with Gasteiger partial charge in [0.1, 0.15) is 5.54 Å². The minimum atomic E-state index is -0.863. The minimum Gasteiger partial charge on any atom is -0.349 e. The Morgan fingerprint density at radius 2 is 1.92 bits per heavy atom. The average molecular weight is 354 g/mol. The van der Waals surface area contributed by atoms with Crippen molar-refractivity contribution in [2.75, 3.05) is 0 Å². The Balaban J connectivity index is 1.97. The SMILES string of the molecule is C=CC[C@@H]1C[C@H]2[C@@H](C)[C@H]2[C@@]1(NC(=O)c1ccccc1)C(=O)NC(C)(C)C. The van der Waals surface area contributed by atoms with E-state index in [9.17, 15) is 9.59 Å². The normalized spacial score (nSPS) is 32.5. The molecule has 1 aromatic rings. The molecule has 2 aliphatic rings. The van der Waals surface area contributed by atoms with Crippen LogP contribution in [0.1, 0.15) is 50.9 Å². The maximum Gasteiger partial charge on any atom is 0.252 e. The van der Waals surface area contributed by atoms with E-state index < -0.39 is 5.54 Å². The third kappa shape index (κ3) is 3.17. The van der Waals surface area contributed by atoms with E-state index in [1.54, 1.807) is 12.1 Å². The van der Waals surface area contributed by atoms with Gasteiger partial charge in [0.15, 0.2) is 0 Å². The summed E-state index contributed by atoms with van der Waals surface area (Å²) in [6, 6.07) is 9.14. The van der Waals surface area contributed by atoms with Crippen molar-refractivity contribution in [1.29, 1.82) is 0 Å². The second kappa shape index (κ2) is 6.57. The van der Waals surface area contributed by atoms with Crippen LogP contribution in [-0.4, -0.2) is 22.9 Å². The summed E-state index contributed by atoms with van der Waals surface area (Å²) in [7, 11) is 0. The van der Waals surface area contributed by atoms with E-state index in [0.717, 1.165) is 12.8 Å². The molecule has 0 heterocycles. The van der Waals surface area contributed by atoms with Gasteiger partial charge in [-0.2, -0.15) is 0 Å². The fourth-order valence-electron chi connectivity index (χ4n) is 4.80. The molecule has 0 aliphatic heterocycles. The zero-order valence-electron chi connectivity index (χ0n) is 16.2. The van der Waals surface area contributed by atoms with Gasteiger partial charge in [0.05, 0.1) is 0 Å². The van der Waals surface area contributed by atoms with Gasteiger partial charge in [0, 0.05) is 11.1 Å². The maximum absolute atomic E-state index is 13.5. The molecule has 0 bridgehead atoms. The highest BCUT2D eigenvalue weighted by Gasteiger charge is 2.71. The van der Waals surface area contributed by atoms with Crippen molar-refractivity contribution in [2.24, 2.45) is 23.7 Å². The first-order valence-electron chi connectivity index (χ1n) is 9.51. The number of nitrogens with one attached hydrogen (secondary N) is 2. The van der Waals surface area contributed by atoms with Crippen LogP contribution in [-0.2, 0) is 4.79 Å². The van der Waals surface area contributed by atoms with Crippen LogP contribution in [0, 0.1) is 23.7 Å². The first-order valence-corrected chi connectivity index (χ1v) is 9.51. The molecule has 2 aliphatic carbocycles. The van der Waals surface area contributed by atoms with Crippen molar-refractivity contribution < 1.29 is 9.59 Å². The zero-order chi connectivity index (χ0) is 19.1. The topological polar surface area (TPSA) is 58.2 Å². The van der Waals surface area contributed by atoms with E-state index in [1.807, 2.05) is 45.0 Å². The second-order valence-corrected chi connectivity index (χ2v) is 8.90. The molecule has 4 heteroatoms. The molecular formula is C22H30N2O2. The summed E-state index contributed by atoms with van der Waals surface area (Å²) in [5, 5.41) is 6.33. The first-order chi connectivity index (χ1) is 12.2. The number of hydrogen-bond donors (Lipinski definition) is 2. The van der Waals surface area contributed by atoms with Crippen molar-refractivity contribution in [3.05, 3.63) is 48.6 Å². The van der Waals surface area contributed by atoms with Crippen LogP contribution in [0.3, 0.4) is 0 Å². The predicted octanol–water partition coefficient (Wildman–Crippen LogP) is 3.55. The lowest BCUT2D eigenvalue weighted by molar-refractivity contribution is -0.131. The molecule has 0 spiro atoms. The van der Waals surface area contributed by atoms with Crippen molar-refractivity contribution in [3.63, 3.8) is 0 Å². The molecule has 0 aromatic heterocycles. The Labute approximate surface area is 156 Å². The lowest BCUT2D eigenvalue weighted by Gasteiger charge is -2.40. The van der Waals surface area contributed by atoms with E-state index in [0.29, 0.717) is 17.4 Å². The van der Waals surface area contributed by atoms with Gasteiger partial charge in [0.2, 0.25) is 5.91 Å². The molecule has 0 radical (unpaired) electrons. The van der Waals surface area contributed by atoms with Gasteiger partial charge in [-0.05, 0) is 69.4 Å². The quantitative estimate of drug-likeness (QED) is 0.795. The summed E-state index contributed by atoms with van der Waals surface area (Å²) in [5.41, 5.74) is -0.626. The lowest BCUT2D eigenvalue weighted by atomic mass is 9.77. The number of allylic oxidation sites excluding steroid dienone is 1. The Hall–Kier alpha value is -2.10. The van der Waals surface area contributed by atoms with Crippen LogP contribution in [0.4, 0.5) is 0 Å². The van der Waals surface area contributed by atoms with Crippen LogP contribution in [0.5, 0.6) is 0 Å². The van der Waals surface area contributed by atoms with Gasteiger partial charge in [-0.25, -0.2) is 0 Å². The largest absolute Gasteiger partial charge is 0.349 e. The third-order valence-electron chi connectivity index (χ3n) is 5.96. The zero-order valence-corrected chi connectivity index (χ0v) is 16.2. The van der Waals surface area contributed by atoms with Gasteiger partial charge in [-0.1, -0.05) is 31.2 Å². The van der Waals surface area contributed by atoms with Crippen molar-refractivity contribution >= 4 is 11.8 Å². The average Bonchev–Trinajstić information content (AvgIpc) is 3.07. The number of fused-ring (bicyclic) bond motifs is 1. The molecule has 2 saturated carbocycles. The van der Waals surface area contributed by atoms with Gasteiger partial charge in [-0.15, -0.1) is 6.58 Å². The molecule has 1 aromatic carbocycles. The fourth-order valence-corrected chi connectivity index (χ4v) is 4.80. The van der Waals surface area contributed by atoms with Gasteiger partial charge in [0.25, 0.3) is 5.91 Å². The smallest absolute Gasteiger partial charge is 0.252 e. The first kappa shape index (κ1) is 18.7. The third-order valence-corrected chi connectivity index (χ3v) is 5.96. The number of carbonyl (C=O) groups excluding carboxylic acids is 2. The number of rotatable bonds is 5. The standard InChI is InChI=1S/C22H30N2O2/c1-6-10-16-13-17-14(2)18(17)22(16,20(26)24-21(3,4)5)23-19(25)15-11-8-7-9-12-15/h6-9,11-12,14,16-18H,1,10,13H2,2-5H3,(H,23,25)(H,24,26)/t14-,16-,17+,18-,22-/m1/s1. The molecule has 2 amide bonds. The van der Waals surface area contributed by atoms with Crippen molar-refractivity contribution in [2.45, 2.75) is 51.6 Å². The minimum absolute atomic E-state index is 0.0574. The molecule has 4 nitrogen and oxygen atoms in total. The highest BCUT2D eigenvalue weighted by molar-refractivity contribution is 6.00. The Bertz CT molecular complexity index is 707. The van der Waals surface area contributed by atoms with Crippen LogP contribution in [0.2, 0.25) is 0 Å². The van der Waals surface area contributed by atoms with E-state index in [4.69, 9.17) is 0 Å². The number of hydrogen-bond acceptors (Lipinski definition) is 2. The summed E-state index contributed by atoms with van der Waals surface area (Å²) in [6.07, 6.45) is 3.56. The van der Waals surface area contributed by atoms with Crippen molar-refractivity contribution in [3.8, 4) is 0 Å². The monoisotopic (exact) mass is 354 g/mol. The summed E-state index contributed by atoms with van der Waals surface area (Å²) in [5.74, 6) is 1.00. The summed E-state index contributed by atoms with van der Waals surface area (Å²) in [6.45, 7) is 12.0. The Kier molecular flexibility index (Phi) is 4.72. The lowest BCUT2D eigenvalue weighted by Crippen LogP contribution is -2.65. The fraction of sp³-hybridized carbons (Fsp3) is 0.545. The van der Waals surface area contributed by atoms with Crippen molar-refractivity contribution in [1.82, 2.24) is 10.6 Å². The summed E-state index contributed by atoms with van der Waals surface area (Å²) in [4.78, 5) is 26.4. The molecule has 3 rings (SSSR count). The molecule has 140 valence electrons. The van der Waals surface area contributed by atoms with Crippen LogP contribution in [0.15, 0.2) is 43.0 Å². The van der Waals surface area contributed by atoms with Crippen LogP contribution in [0.25, 0.3) is 0 Å². The Morgan fingerprint density at radius 3 is 2.50 bits per heavy atom. The summed E-state index contributed by atoms with van der Waals surface area (Å²) >= 11 is 0. The molecular weight excluding hydrogens is 324 g/mol. The molecule has 26 heavy (non-hydrogen) atoms. The molecule has 2 fully saturated rings. The van der Waals surface area contributed by atoms with E-state index in [-0.39, 0.29) is 29.2 Å². The van der Waals surface area contributed by atoms with Gasteiger partial charge >= 0.3 is 0 Å². The number of benzene rings is 1. The van der Waals surface area contributed by atoms with E-state index >= 15 is 0 Å². The number of amides is 2. The highest BCUT2D eigenvalue weighted by atomic mass is 16.2. The molecule has 2 N–H and O–H groups in total. The molecule has 0 saturated heterocycles. The second-order valence-electron chi connectivity index (χ2n) is 8.90.